The van der Waals surface area contributed by atoms with Crippen molar-refractivity contribution in [3.05, 3.63) is 0 Å². The van der Waals surface area contributed by atoms with Crippen LogP contribution >= 0.6 is 0 Å². The molecule has 0 atom stereocenters. The molecule has 0 radical (unpaired) electrons. The molecule has 0 saturated heterocycles. The molecule has 2 amide bonds. The van der Waals surface area contributed by atoms with Crippen LogP contribution in [0, 0.1) is 0 Å². The lowest BCUT2D eigenvalue weighted by Crippen LogP contribution is -2.34. The topological polar surface area (TPSA) is 68.3 Å². The van der Waals surface area contributed by atoms with Gasteiger partial charge in [0.1, 0.15) is 13.2 Å². The van der Waals surface area contributed by atoms with E-state index in [0.29, 0.717) is 39.4 Å². The minimum absolute atomic E-state index is 0.199. The fourth-order valence-corrected chi connectivity index (χ4v) is 2.14. The third kappa shape index (κ3) is 10.3. The zero-order valence-corrected chi connectivity index (χ0v) is 15.7. The summed E-state index contributed by atoms with van der Waals surface area (Å²) >= 11 is 0. The van der Waals surface area contributed by atoms with E-state index in [2.05, 4.69) is 0 Å². The van der Waals surface area contributed by atoms with Gasteiger partial charge in [-0.1, -0.05) is 20.8 Å². The first-order valence-corrected chi connectivity index (χ1v) is 9.01. The average molecular weight is 346 g/mol. The van der Waals surface area contributed by atoms with Gasteiger partial charge in [0.05, 0.1) is 13.2 Å². The summed E-state index contributed by atoms with van der Waals surface area (Å²) in [4.78, 5) is 26.9. The Morgan fingerprint density at radius 1 is 0.667 bits per heavy atom. The molecule has 0 spiro atoms. The molecule has 0 bridgehead atoms. The van der Waals surface area contributed by atoms with E-state index in [1.54, 1.807) is 9.80 Å². The largest absolute Gasteiger partial charge is 0.447 e. The van der Waals surface area contributed by atoms with Gasteiger partial charge in [-0.15, -0.1) is 0 Å². The molecule has 0 aliphatic heterocycles. The fourth-order valence-electron chi connectivity index (χ4n) is 2.14. The van der Waals surface area contributed by atoms with Gasteiger partial charge in [-0.05, 0) is 26.2 Å². The van der Waals surface area contributed by atoms with Crippen molar-refractivity contribution in [1.82, 2.24) is 9.80 Å². The fraction of sp³-hybridized carbons (Fsp3) is 0.882. The van der Waals surface area contributed by atoms with Crippen LogP contribution in [0.15, 0.2) is 0 Å². The molecule has 0 fully saturated rings. The van der Waals surface area contributed by atoms with Gasteiger partial charge < -0.3 is 24.0 Å². The zero-order valence-electron chi connectivity index (χ0n) is 15.7. The number of hydrogen-bond acceptors (Lipinski definition) is 5. The molecule has 0 heterocycles. The number of ether oxygens (including phenoxy) is 3. The minimum atomic E-state index is -0.316. The van der Waals surface area contributed by atoms with E-state index in [1.165, 1.54) is 0 Å². The van der Waals surface area contributed by atoms with Crippen LogP contribution in [0.25, 0.3) is 0 Å². The Balaban J connectivity index is 3.72. The first-order valence-electron chi connectivity index (χ1n) is 9.01. The molecular formula is C17H34N2O5. The molecule has 142 valence electrons. The quantitative estimate of drug-likeness (QED) is 0.479. The van der Waals surface area contributed by atoms with Crippen molar-refractivity contribution < 1.29 is 23.8 Å². The van der Waals surface area contributed by atoms with E-state index < -0.39 is 0 Å². The molecular weight excluding hydrogens is 312 g/mol. The zero-order chi connectivity index (χ0) is 18.2. The molecule has 24 heavy (non-hydrogen) atoms. The van der Waals surface area contributed by atoms with Crippen LogP contribution in [0.4, 0.5) is 9.59 Å². The number of carbonyl (C=O) groups excluding carboxylic acids is 2. The lowest BCUT2D eigenvalue weighted by molar-refractivity contribution is 0.0298. The Bertz CT molecular complexity index is 333. The van der Waals surface area contributed by atoms with E-state index in [4.69, 9.17) is 14.2 Å². The molecule has 7 heteroatoms. The van der Waals surface area contributed by atoms with Crippen molar-refractivity contribution in [3.63, 3.8) is 0 Å². The standard InChI is InChI=1S/C17H34N2O5/c1-5-9-18(8-4)16(20)23-14-12-22-13-15-24-17(21)19(10-6-2)11-7-3/h5-15H2,1-4H3. The van der Waals surface area contributed by atoms with Gasteiger partial charge in [0.15, 0.2) is 0 Å². The number of carbonyl (C=O) groups is 2. The van der Waals surface area contributed by atoms with Gasteiger partial charge in [0, 0.05) is 26.2 Å². The average Bonchev–Trinajstić information content (AvgIpc) is 2.58. The third-order valence-electron chi connectivity index (χ3n) is 3.29. The normalized spacial score (nSPS) is 10.3. The molecule has 0 rings (SSSR count). The summed E-state index contributed by atoms with van der Waals surface area (Å²) < 4.78 is 15.6. The maximum Gasteiger partial charge on any atom is 0.409 e. The molecule has 0 N–H and O–H groups in total. The summed E-state index contributed by atoms with van der Waals surface area (Å²) in [6.45, 7) is 11.7. The van der Waals surface area contributed by atoms with E-state index in [9.17, 15) is 9.59 Å². The van der Waals surface area contributed by atoms with E-state index >= 15 is 0 Å². The van der Waals surface area contributed by atoms with E-state index in [0.717, 1.165) is 19.3 Å². The third-order valence-corrected chi connectivity index (χ3v) is 3.29. The van der Waals surface area contributed by atoms with Crippen molar-refractivity contribution in [3.8, 4) is 0 Å². The van der Waals surface area contributed by atoms with Crippen LogP contribution in [0.5, 0.6) is 0 Å². The van der Waals surface area contributed by atoms with Crippen molar-refractivity contribution in [2.75, 3.05) is 52.6 Å². The molecule has 0 saturated carbocycles. The van der Waals surface area contributed by atoms with Gasteiger partial charge in [0.2, 0.25) is 0 Å². The van der Waals surface area contributed by atoms with Crippen molar-refractivity contribution in [1.29, 1.82) is 0 Å². The Hall–Kier alpha value is -1.50. The van der Waals surface area contributed by atoms with Gasteiger partial charge in [0.25, 0.3) is 0 Å². The second kappa shape index (κ2) is 15.1. The number of rotatable bonds is 13. The number of amides is 2. The lowest BCUT2D eigenvalue weighted by atomic mass is 10.4. The van der Waals surface area contributed by atoms with Gasteiger partial charge in [-0.25, -0.2) is 9.59 Å². The maximum atomic E-state index is 11.8. The summed E-state index contributed by atoms with van der Waals surface area (Å²) in [6.07, 6.45) is 2.10. The SMILES string of the molecule is CCCN(CC)C(=O)OCCOCCOC(=O)N(CCC)CCC. The van der Waals surface area contributed by atoms with Crippen LogP contribution in [0.1, 0.15) is 47.0 Å². The van der Waals surface area contributed by atoms with Crippen molar-refractivity contribution in [2.45, 2.75) is 47.0 Å². The Morgan fingerprint density at radius 3 is 1.50 bits per heavy atom. The molecule has 0 aromatic carbocycles. The lowest BCUT2D eigenvalue weighted by Gasteiger charge is -2.21. The Morgan fingerprint density at radius 2 is 1.08 bits per heavy atom. The van der Waals surface area contributed by atoms with E-state index in [1.807, 2.05) is 27.7 Å². The highest BCUT2D eigenvalue weighted by atomic mass is 16.6. The van der Waals surface area contributed by atoms with Crippen molar-refractivity contribution in [2.24, 2.45) is 0 Å². The molecule has 0 unspecified atom stereocenters. The van der Waals surface area contributed by atoms with Crippen LogP contribution in [0.3, 0.4) is 0 Å². The molecule has 0 aromatic rings. The minimum Gasteiger partial charge on any atom is -0.447 e. The summed E-state index contributed by atoms with van der Waals surface area (Å²) in [5.41, 5.74) is 0. The highest BCUT2D eigenvalue weighted by Crippen LogP contribution is 1.99. The summed E-state index contributed by atoms with van der Waals surface area (Å²) in [5.74, 6) is 0. The van der Waals surface area contributed by atoms with Crippen molar-refractivity contribution >= 4 is 12.2 Å². The first-order chi connectivity index (χ1) is 11.6. The molecule has 0 aliphatic rings. The monoisotopic (exact) mass is 346 g/mol. The number of hydrogen-bond donors (Lipinski definition) is 0. The highest BCUT2D eigenvalue weighted by molar-refractivity contribution is 5.67. The van der Waals surface area contributed by atoms with E-state index in [-0.39, 0.29) is 25.4 Å². The molecule has 7 nitrogen and oxygen atoms in total. The van der Waals surface area contributed by atoms with Gasteiger partial charge >= 0.3 is 12.2 Å². The number of nitrogens with zero attached hydrogens (tertiary/aromatic N) is 2. The Labute approximate surface area is 146 Å². The second-order valence-corrected chi connectivity index (χ2v) is 5.41. The van der Waals surface area contributed by atoms with Crippen LogP contribution < -0.4 is 0 Å². The smallest absolute Gasteiger partial charge is 0.409 e. The first kappa shape index (κ1) is 22.5. The van der Waals surface area contributed by atoms with Crippen LogP contribution in [0.2, 0.25) is 0 Å². The van der Waals surface area contributed by atoms with Crippen LogP contribution in [-0.4, -0.2) is 74.6 Å². The van der Waals surface area contributed by atoms with Gasteiger partial charge in [-0.2, -0.15) is 0 Å². The predicted octanol–water partition coefficient (Wildman–Crippen LogP) is 3.13. The second-order valence-electron chi connectivity index (χ2n) is 5.41. The summed E-state index contributed by atoms with van der Waals surface area (Å²) in [7, 11) is 0. The summed E-state index contributed by atoms with van der Waals surface area (Å²) in [6, 6.07) is 0. The highest BCUT2D eigenvalue weighted by Gasteiger charge is 2.13. The Kier molecular flexibility index (Phi) is 14.1. The molecule has 0 aromatic heterocycles. The van der Waals surface area contributed by atoms with Crippen LogP contribution in [-0.2, 0) is 14.2 Å². The summed E-state index contributed by atoms with van der Waals surface area (Å²) in [5, 5.41) is 0. The maximum absolute atomic E-state index is 11.8. The van der Waals surface area contributed by atoms with Gasteiger partial charge in [-0.3, -0.25) is 0 Å². The molecule has 0 aliphatic carbocycles. The predicted molar refractivity (Wildman–Crippen MR) is 93.2 cm³/mol.